The van der Waals surface area contributed by atoms with E-state index in [0.717, 1.165) is 17.1 Å². The minimum Gasteiger partial charge on any atom is -0.507 e. The smallest absolute Gasteiger partial charge is 0.150 e. The minimum absolute atomic E-state index is 0.153. The average molecular weight is 172 g/mol. The molecule has 0 unspecified atom stereocenters. The van der Waals surface area contributed by atoms with Gasteiger partial charge in [-0.15, -0.1) is 0 Å². The van der Waals surface area contributed by atoms with E-state index in [4.69, 9.17) is 0 Å². The summed E-state index contributed by atoms with van der Waals surface area (Å²) < 4.78 is 0. The number of hydrogen-bond acceptors (Lipinski definition) is 2. The number of aldehydes is 1. The van der Waals surface area contributed by atoms with Crippen LogP contribution in [0.1, 0.15) is 10.4 Å². The van der Waals surface area contributed by atoms with Crippen molar-refractivity contribution in [3.8, 4) is 5.75 Å². The predicted molar refractivity (Wildman–Crippen MR) is 51.0 cm³/mol. The first kappa shape index (κ1) is 7.80. The molecule has 0 aromatic heterocycles. The maximum absolute atomic E-state index is 10.5. The van der Waals surface area contributed by atoms with Crippen LogP contribution in [0, 0.1) is 0 Å². The summed E-state index contributed by atoms with van der Waals surface area (Å²) in [6.07, 6.45) is 0.728. The number of carbonyl (C=O) groups excluding carboxylic acids is 1. The molecule has 2 heteroatoms. The van der Waals surface area contributed by atoms with Crippen LogP contribution in [0.25, 0.3) is 10.8 Å². The largest absolute Gasteiger partial charge is 0.507 e. The lowest BCUT2D eigenvalue weighted by molar-refractivity contribution is 0.112. The highest BCUT2D eigenvalue weighted by atomic mass is 16.3. The van der Waals surface area contributed by atoms with Crippen molar-refractivity contribution in [2.75, 3.05) is 0 Å². The number of phenols is 1. The zero-order valence-corrected chi connectivity index (χ0v) is 6.90. The van der Waals surface area contributed by atoms with Crippen LogP contribution in [-0.2, 0) is 0 Å². The molecule has 0 aliphatic rings. The van der Waals surface area contributed by atoms with Gasteiger partial charge in [-0.2, -0.15) is 0 Å². The third-order valence-corrected chi connectivity index (χ3v) is 2.00. The maximum atomic E-state index is 10.5. The first-order valence-electron chi connectivity index (χ1n) is 3.98. The van der Waals surface area contributed by atoms with Crippen molar-refractivity contribution in [2.45, 2.75) is 0 Å². The topological polar surface area (TPSA) is 37.3 Å². The number of phenolic OH excluding ortho intramolecular Hbond substituents is 1. The molecule has 2 rings (SSSR count). The second-order valence-corrected chi connectivity index (χ2v) is 2.88. The van der Waals surface area contributed by atoms with Crippen LogP contribution in [0.15, 0.2) is 36.4 Å². The van der Waals surface area contributed by atoms with Crippen molar-refractivity contribution >= 4 is 17.1 Å². The molecule has 2 aromatic carbocycles. The number of carbonyl (C=O) groups is 1. The molecular weight excluding hydrogens is 164 g/mol. The fourth-order valence-electron chi connectivity index (χ4n) is 1.38. The highest BCUT2D eigenvalue weighted by molar-refractivity contribution is 5.93. The summed E-state index contributed by atoms with van der Waals surface area (Å²) in [5.41, 5.74) is 0.496. The van der Waals surface area contributed by atoms with Crippen molar-refractivity contribution in [2.24, 2.45) is 0 Å². The second kappa shape index (κ2) is 2.90. The molecule has 0 atom stereocenters. The Balaban J connectivity index is 2.84. The summed E-state index contributed by atoms with van der Waals surface area (Å²) in [7, 11) is 0. The molecular formula is C11H8O2. The van der Waals surface area contributed by atoms with Crippen molar-refractivity contribution < 1.29 is 9.90 Å². The van der Waals surface area contributed by atoms with E-state index >= 15 is 0 Å². The molecule has 2 aromatic rings. The summed E-state index contributed by atoms with van der Waals surface area (Å²) in [6, 6.07) is 10.6. The van der Waals surface area contributed by atoms with Crippen molar-refractivity contribution in [1.29, 1.82) is 0 Å². The van der Waals surface area contributed by atoms with E-state index in [1.807, 2.05) is 24.3 Å². The fraction of sp³-hybridized carbons (Fsp3) is 0. The summed E-state index contributed by atoms with van der Waals surface area (Å²) in [5, 5.41) is 11.2. The van der Waals surface area contributed by atoms with Gasteiger partial charge in [0, 0.05) is 10.9 Å². The lowest BCUT2D eigenvalue weighted by Gasteiger charge is -2.00. The molecule has 0 heterocycles. The first-order valence-corrected chi connectivity index (χ1v) is 3.98. The van der Waals surface area contributed by atoms with Gasteiger partial charge in [-0.05, 0) is 17.5 Å². The second-order valence-electron chi connectivity index (χ2n) is 2.88. The monoisotopic (exact) mass is 172 g/mol. The molecule has 0 bridgehead atoms. The number of benzene rings is 2. The predicted octanol–water partition coefficient (Wildman–Crippen LogP) is 2.36. The molecule has 2 nitrogen and oxygen atoms in total. The van der Waals surface area contributed by atoms with E-state index in [9.17, 15) is 9.90 Å². The number of aromatic hydroxyl groups is 1. The SMILES string of the molecule is O=Cc1cc(O)c2ccccc2c1. The molecule has 0 spiro atoms. The van der Waals surface area contributed by atoms with E-state index in [-0.39, 0.29) is 5.75 Å². The summed E-state index contributed by atoms with van der Waals surface area (Å²) in [6.45, 7) is 0. The molecule has 13 heavy (non-hydrogen) atoms. The molecule has 0 saturated carbocycles. The van der Waals surface area contributed by atoms with Gasteiger partial charge in [0.05, 0.1) is 0 Å². The number of fused-ring (bicyclic) bond motifs is 1. The molecule has 1 N–H and O–H groups in total. The van der Waals surface area contributed by atoms with Crippen molar-refractivity contribution in [3.63, 3.8) is 0 Å². The molecule has 0 aliphatic carbocycles. The standard InChI is InChI=1S/C11H8O2/c12-7-8-5-9-3-1-2-4-10(9)11(13)6-8/h1-7,13H. The Morgan fingerprint density at radius 2 is 1.92 bits per heavy atom. The van der Waals surface area contributed by atoms with Crippen LogP contribution in [-0.4, -0.2) is 11.4 Å². The molecule has 0 radical (unpaired) electrons. The fourth-order valence-corrected chi connectivity index (χ4v) is 1.38. The average Bonchev–Trinajstić information content (AvgIpc) is 2.18. The van der Waals surface area contributed by atoms with Gasteiger partial charge in [0.1, 0.15) is 12.0 Å². The third kappa shape index (κ3) is 1.26. The Labute approximate surface area is 75.4 Å². The van der Waals surface area contributed by atoms with Crippen LogP contribution in [0.4, 0.5) is 0 Å². The maximum Gasteiger partial charge on any atom is 0.150 e. The normalized spacial score (nSPS) is 10.2. The van der Waals surface area contributed by atoms with Crippen LogP contribution in [0.5, 0.6) is 5.75 Å². The molecule has 0 aliphatic heterocycles. The van der Waals surface area contributed by atoms with Gasteiger partial charge < -0.3 is 5.11 Å². The van der Waals surface area contributed by atoms with Gasteiger partial charge in [0.2, 0.25) is 0 Å². The lowest BCUT2D eigenvalue weighted by atomic mass is 10.1. The highest BCUT2D eigenvalue weighted by Crippen LogP contribution is 2.25. The van der Waals surface area contributed by atoms with Gasteiger partial charge in [0.15, 0.2) is 0 Å². The molecule has 0 fully saturated rings. The van der Waals surface area contributed by atoms with Crippen molar-refractivity contribution in [1.82, 2.24) is 0 Å². The Kier molecular flexibility index (Phi) is 1.74. The highest BCUT2D eigenvalue weighted by Gasteiger charge is 2.00. The Morgan fingerprint density at radius 3 is 2.69 bits per heavy atom. The van der Waals surface area contributed by atoms with E-state index < -0.39 is 0 Å². The summed E-state index contributed by atoms with van der Waals surface area (Å²) in [4.78, 5) is 10.5. The van der Waals surface area contributed by atoms with Crippen LogP contribution in [0.2, 0.25) is 0 Å². The zero-order valence-electron chi connectivity index (χ0n) is 6.90. The molecule has 64 valence electrons. The minimum atomic E-state index is 0.153. The quantitative estimate of drug-likeness (QED) is 0.670. The van der Waals surface area contributed by atoms with E-state index in [0.29, 0.717) is 5.56 Å². The number of rotatable bonds is 1. The van der Waals surface area contributed by atoms with Crippen LogP contribution >= 0.6 is 0 Å². The van der Waals surface area contributed by atoms with Gasteiger partial charge in [-0.25, -0.2) is 0 Å². The van der Waals surface area contributed by atoms with Crippen LogP contribution in [0.3, 0.4) is 0 Å². The first-order chi connectivity index (χ1) is 6.31. The van der Waals surface area contributed by atoms with Gasteiger partial charge in [0.25, 0.3) is 0 Å². The van der Waals surface area contributed by atoms with Crippen molar-refractivity contribution in [3.05, 3.63) is 42.0 Å². The Hall–Kier alpha value is -1.83. The van der Waals surface area contributed by atoms with Gasteiger partial charge in [-0.1, -0.05) is 24.3 Å². The van der Waals surface area contributed by atoms with E-state index in [2.05, 4.69) is 0 Å². The molecule has 0 amide bonds. The van der Waals surface area contributed by atoms with Gasteiger partial charge >= 0.3 is 0 Å². The van der Waals surface area contributed by atoms with Gasteiger partial charge in [-0.3, -0.25) is 4.79 Å². The van der Waals surface area contributed by atoms with E-state index in [1.54, 1.807) is 6.07 Å². The summed E-state index contributed by atoms with van der Waals surface area (Å²) >= 11 is 0. The Bertz CT molecular complexity index is 461. The van der Waals surface area contributed by atoms with Crippen LogP contribution < -0.4 is 0 Å². The third-order valence-electron chi connectivity index (χ3n) is 2.00. The zero-order chi connectivity index (χ0) is 9.26. The number of hydrogen-bond donors (Lipinski definition) is 1. The van der Waals surface area contributed by atoms with E-state index in [1.165, 1.54) is 6.07 Å². The summed E-state index contributed by atoms with van der Waals surface area (Å²) in [5.74, 6) is 0.153. The lowest BCUT2D eigenvalue weighted by Crippen LogP contribution is -1.80. The Morgan fingerprint density at radius 1 is 1.15 bits per heavy atom. The molecule has 0 saturated heterocycles.